The molecule has 0 spiro atoms. The molecular weight excluding hydrogens is 775 g/mol. The Bertz CT molecular complexity index is 1130. The summed E-state index contributed by atoms with van der Waals surface area (Å²) in [6.07, 6.45) is 32.8. The van der Waals surface area contributed by atoms with Gasteiger partial charge in [0, 0.05) is 12.8 Å². The molecule has 5 atom stereocenters. The molecule has 0 heterocycles. The predicted octanol–water partition coefficient (Wildman–Crippen LogP) is 10.1. The number of phosphoric ester groups is 1. The lowest BCUT2D eigenvalue weighted by molar-refractivity contribution is -0.161. The average Bonchev–Trinajstić information content (AvgIpc) is 3.20. The Morgan fingerprint density at radius 3 is 1.69 bits per heavy atom. The van der Waals surface area contributed by atoms with E-state index in [1.54, 1.807) is 0 Å². The average molecular weight is 861 g/mol. The van der Waals surface area contributed by atoms with Crippen LogP contribution in [0.4, 0.5) is 0 Å². The molecule has 0 bridgehead atoms. The van der Waals surface area contributed by atoms with Crippen LogP contribution in [0.5, 0.6) is 0 Å². The van der Waals surface area contributed by atoms with E-state index < -0.39 is 70.6 Å². The molecule has 0 rings (SSSR count). The van der Waals surface area contributed by atoms with Crippen LogP contribution in [0.2, 0.25) is 0 Å². The summed E-state index contributed by atoms with van der Waals surface area (Å²) < 4.78 is 32.6. The number of rotatable bonds is 42. The van der Waals surface area contributed by atoms with Crippen LogP contribution in [0.3, 0.4) is 0 Å². The summed E-state index contributed by atoms with van der Waals surface area (Å²) in [4.78, 5) is 35.1. The van der Waals surface area contributed by atoms with Crippen molar-refractivity contribution >= 4 is 19.8 Å². The Kier molecular flexibility index (Phi) is 38.9. The molecule has 5 N–H and O–H groups in total. The fourth-order valence-corrected chi connectivity index (χ4v) is 7.01. The van der Waals surface area contributed by atoms with Gasteiger partial charge in [0.2, 0.25) is 0 Å². The van der Waals surface area contributed by atoms with Crippen LogP contribution in [0.15, 0.2) is 36.5 Å². The quantitative estimate of drug-likeness (QED) is 0.0169. The highest BCUT2D eigenvalue weighted by Crippen LogP contribution is 2.43. The van der Waals surface area contributed by atoms with Crippen molar-refractivity contribution in [2.24, 2.45) is 5.92 Å². The Morgan fingerprint density at radius 2 is 1.12 bits per heavy atom. The van der Waals surface area contributed by atoms with E-state index in [-0.39, 0.29) is 32.1 Å². The van der Waals surface area contributed by atoms with Crippen molar-refractivity contribution in [2.45, 2.75) is 212 Å². The van der Waals surface area contributed by atoms with Crippen molar-refractivity contribution in [3.8, 4) is 0 Å². The van der Waals surface area contributed by atoms with Gasteiger partial charge in [-0.2, -0.15) is 0 Å². The monoisotopic (exact) mass is 861 g/mol. The van der Waals surface area contributed by atoms with E-state index >= 15 is 0 Å². The molecule has 0 aliphatic rings. The van der Waals surface area contributed by atoms with Gasteiger partial charge in [-0.3, -0.25) is 18.6 Å². The molecule has 13 heteroatoms. The van der Waals surface area contributed by atoms with E-state index in [1.165, 1.54) is 89.9 Å². The summed E-state index contributed by atoms with van der Waals surface area (Å²) in [6.45, 7) is 4.36. The number of phosphoric acid groups is 1. The number of unbranched alkanes of at least 4 members (excludes halogenated alkanes) is 16. The molecule has 3 unspecified atom stereocenters. The van der Waals surface area contributed by atoms with Gasteiger partial charge in [0.1, 0.15) is 12.7 Å². The number of aliphatic hydroxyl groups is 4. The highest BCUT2D eigenvalue weighted by Gasteiger charge is 2.27. The predicted molar refractivity (Wildman–Crippen MR) is 236 cm³/mol. The van der Waals surface area contributed by atoms with Crippen LogP contribution >= 0.6 is 7.82 Å². The first-order valence-corrected chi connectivity index (χ1v) is 24.5. The third-order valence-corrected chi connectivity index (χ3v) is 10.9. The topological polar surface area (TPSA) is 189 Å². The fourth-order valence-electron chi connectivity index (χ4n) is 6.22. The Morgan fingerprint density at radius 1 is 0.593 bits per heavy atom. The second-order valence-corrected chi connectivity index (χ2v) is 17.7. The normalized spacial score (nSPS) is 15.3. The van der Waals surface area contributed by atoms with Crippen molar-refractivity contribution in [1.29, 1.82) is 0 Å². The lowest BCUT2D eigenvalue weighted by Crippen LogP contribution is -2.30. The van der Waals surface area contributed by atoms with Crippen molar-refractivity contribution in [1.82, 2.24) is 0 Å². The summed E-state index contributed by atoms with van der Waals surface area (Å²) in [6, 6.07) is 0. The standard InChI is InChI=1S/C46H85O12P/c1-4-5-6-7-8-9-10-16-19-22-25-28-32-43(49)44(50)33-30-35-45(51)55-38-42(39-57-59(53,54)56-37-41(48)36-47)58-46(52)34-29-26-23-20-17-14-12-11-13-15-18-21-24-27-31-40(2)3/h8-9,16,19,25,28,40-44,47-50H,4-7,10-15,17-18,20-24,26-27,29-39H2,1-3H3,(H,53,54)/b9-8-,19-16-,28-25-/t41-,42+,43?,44?/m0/s1. The summed E-state index contributed by atoms with van der Waals surface area (Å²) >= 11 is 0. The molecule has 0 aromatic rings. The molecule has 0 saturated carbocycles. The molecule has 0 aromatic heterocycles. The number of carbonyl (C=O) groups is 2. The van der Waals surface area contributed by atoms with Gasteiger partial charge in [0.05, 0.1) is 32.0 Å². The molecule has 12 nitrogen and oxygen atoms in total. The number of esters is 2. The first-order valence-electron chi connectivity index (χ1n) is 23.0. The molecular formula is C46H85O12P. The number of hydrogen-bond donors (Lipinski definition) is 5. The molecule has 0 fully saturated rings. The number of hydrogen-bond acceptors (Lipinski definition) is 11. The van der Waals surface area contributed by atoms with Gasteiger partial charge in [0.15, 0.2) is 6.10 Å². The van der Waals surface area contributed by atoms with Gasteiger partial charge in [-0.1, -0.05) is 160 Å². The van der Waals surface area contributed by atoms with Gasteiger partial charge in [-0.25, -0.2) is 4.57 Å². The highest BCUT2D eigenvalue weighted by atomic mass is 31.2. The third-order valence-electron chi connectivity index (χ3n) is 9.93. The van der Waals surface area contributed by atoms with E-state index in [0.29, 0.717) is 6.42 Å². The van der Waals surface area contributed by atoms with Crippen molar-refractivity contribution < 1.29 is 58.0 Å². The number of carbonyl (C=O) groups excluding carboxylic acids is 2. The Hall–Kier alpha value is -1.89. The number of ether oxygens (including phenoxy) is 2. The molecule has 0 aliphatic heterocycles. The molecule has 0 amide bonds. The highest BCUT2D eigenvalue weighted by molar-refractivity contribution is 7.47. The second kappa shape index (κ2) is 40.2. The largest absolute Gasteiger partial charge is 0.472 e. The van der Waals surface area contributed by atoms with Crippen LogP contribution in [0.25, 0.3) is 0 Å². The zero-order chi connectivity index (χ0) is 43.8. The maximum Gasteiger partial charge on any atom is 0.472 e. The summed E-state index contributed by atoms with van der Waals surface area (Å²) in [5.74, 6) is -0.397. The molecule has 346 valence electrons. The van der Waals surface area contributed by atoms with Crippen LogP contribution in [0.1, 0.15) is 188 Å². The summed E-state index contributed by atoms with van der Waals surface area (Å²) in [5, 5.41) is 39.0. The van der Waals surface area contributed by atoms with Crippen LogP contribution in [-0.2, 0) is 32.7 Å². The zero-order valence-electron chi connectivity index (χ0n) is 37.1. The van der Waals surface area contributed by atoms with Crippen LogP contribution < -0.4 is 0 Å². The molecule has 0 aromatic carbocycles. The first-order chi connectivity index (χ1) is 28.4. The second-order valence-electron chi connectivity index (χ2n) is 16.2. The van der Waals surface area contributed by atoms with Crippen molar-refractivity contribution in [2.75, 3.05) is 26.4 Å². The maximum absolute atomic E-state index is 12.6. The molecule has 0 saturated heterocycles. The maximum atomic E-state index is 12.6. The fraction of sp³-hybridized carbons (Fsp3) is 0.826. The minimum Gasteiger partial charge on any atom is -0.462 e. The molecule has 0 radical (unpaired) electrons. The Balaban J connectivity index is 4.48. The van der Waals surface area contributed by atoms with Crippen molar-refractivity contribution in [3.63, 3.8) is 0 Å². The summed E-state index contributed by atoms with van der Waals surface area (Å²) in [7, 11) is -4.69. The van der Waals surface area contributed by atoms with Gasteiger partial charge >= 0.3 is 19.8 Å². The number of allylic oxidation sites excluding steroid dienone is 5. The SMILES string of the molecule is CCCCC/C=C\C/C=C\C/C=C\CC(O)C(O)CCCC(=O)OC[C@H](COP(=O)(O)OC[C@@H](O)CO)OC(=O)CCCCCCCCCCCCCCCCC(C)C. The minimum absolute atomic E-state index is 0.0711. The van der Waals surface area contributed by atoms with Gasteiger partial charge in [0.25, 0.3) is 0 Å². The summed E-state index contributed by atoms with van der Waals surface area (Å²) in [5.41, 5.74) is 0. The Labute approximate surface area is 357 Å². The zero-order valence-corrected chi connectivity index (χ0v) is 38.0. The molecule has 0 aliphatic carbocycles. The van der Waals surface area contributed by atoms with Gasteiger partial charge in [-0.05, 0) is 57.3 Å². The number of aliphatic hydroxyl groups excluding tert-OH is 4. The van der Waals surface area contributed by atoms with Crippen LogP contribution in [-0.4, -0.2) is 88.1 Å². The van der Waals surface area contributed by atoms with E-state index in [9.17, 15) is 34.4 Å². The lowest BCUT2D eigenvalue weighted by Gasteiger charge is -2.20. The van der Waals surface area contributed by atoms with E-state index in [1.807, 2.05) is 12.2 Å². The van der Waals surface area contributed by atoms with E-state index in [4.69, 9.17) is 19.1 Å². The molecule has 59 heavy (non-hydrogen) atoms. The van der Waals surface area contributed by atoms with Crippen LogP contribution in [0, 0.1) is 5.92 Å². The lowest BCUT2D eigenvalue weighted by atomic mass is 10.0. The van der Waals surface area contributed by atoms with E-state index in [2.05, 4.69) is 49.6 Å². The van der Waals surface area contributed by atoms with Gasteiger partial charge < -0.3 is 34.8 Å². The van der Waals surface area contributed by atoms with Gasteiger partial charge in [-0.15, -0.1) is 0 Å². The smallest absolute Gasteiger partial charge is 0.462 e. The third kappa shape index (κ3) is 40.0. The first kappa shape index (κ1) is 57.1. The van der Waals surface area contributed by atoms with Crippen molar-refractivity contribution in [3.05, 3.63) is 36.5 Å². The minimum atomic E-state index is -4.69. The van der Waals surface area contributed by atoms with E-state index in [0.717, 1.165) is 44.4 Å².